The van der Waals surface area contributed by atoms with E-state index in [1.54, 1.807) is 18.2 Å². The Hall–Kier alpha value is -1.43. The summed E-state index contributed by atoms with van der Waals surface area (Å²) in [6.45, 7) is 0.148. The van der Waals surface area contributed by atoms with E-state index < -0.39 is 6.03 Å². The number of amides is 2. The van der Waals surface area contributed by atoms with Crippen molar-refractivity contribution in [3.05, 3.63) is 60.5 Å². The Bertz CT molecular complexity index is 730. The Morgan fingerprint density at radius 2 is 1.96 bits per heavy atom. The third kappa shape index (κ3) is 5.30. The molecule has 0 aliphatic heterocycles. The molecule has 0 fully saturated rings. The molecule has 5 nitrogen and oxygen atoms in total. The van der Waals surface area contributed by atoms with Gasteiger partial charge in [0.15, 0.2) is 0 Å². The number of nitrogens with two attached hydrogens (primary N) is 1. The van der Waals surface area contributed by atoms with Crippen LogP contribution in [0, 0.1) is 13.0 Å². The highest BCUT2D eigenvalue weighted by Crippen LogP contribution is 2.29. The van der Waals surface area contributed by atoms with Gasteiger partial charge in [-0.2, -0.15) is 5.10 Å². The lowest BCUT2D eigenvalue weighted by atomic mass is 10.2. The van der Waals surface area contributed by atoms with Gasteiger partial charge in [0.25, 0.3) is 0 Å². The van der Waals surface area contributed by atoms with Gasteiger partial charge in [0.1, 0.15) is 18.2 Å². The van der Waals surface area contributed by atoms with Crippen molar-refractivity contribution < 1.29 is 13.9 Å². The lowest BCUT2D eigenvalue weighted by molar-refractivity contribution is 0.249. The molecule has 0 radical (unpaired) electrons. The summed E-state index contributed by atoms with van der Waals surface area (Å²) in [5, 5.41) is 3.71. The summed E-state index contributed by atoms with van der Waals surface area (Å²) in [4.78, 5) is 10.6. The molecular formula is C15H12FI2N3O2. The molecule has 8 heteroatoms. The minimum atomic E-state index is -0.726. The molecule has 0 unspecified atom stereocenters. The molecule has 0 saturated carbocycles. The van der Waals surface area contributed by atoms with E-state index >= 15 is 0 Å². The van der Waals surface area contributed by atoms with Gasteiger partial charge < -0.3 is 10.5 Å². The average molecular weight is 539 g/mol. The van der Waals surface area contributed by atoms with Crippen LogP contribution in [0.15, 0.2) is 41.5 Å². The van der Waals surface area contributed by atoms with E-state index in [1.807, 2.05) is 12.1 Å². The number of benzene rings is 2. The quantitative estimate of drug-likeness (QED) is 0.346. The van der Waals surface area contributed by atoms with Crippen molar-refractivity contribution in [1.82, 2.24) is 5.43 Å². The van der Waals surface area contributed by atoms with E-state index in [2.05, 4.69) is 55.7 Å². The number of ether oxygens (including phenoxy) is 1. The zero-order valence-corrected chi connectivity index (χ0v) is 16.0. The van der Waals surface area contributed by atoms with Crippen LogP contribution in [-0.4, -0.2) is 12.2 Å². The standard InChI is InChI=1S/C15H12FI2N3O2/c16-11-4-2-1-3-10(11)8-23-14-12(17)5-9(6-13(14)18)7-20-21-15(19)22/h1-7H,8H2,(H3,19,21,22)/b20-7-. The third-order valence-electron chi connectivity index (χ3n) is 2.74. The van der Waals surface area contributed by atoms with Gasteiger partial charge in [-0.3, -0.25) is 0 Å². The number of hydrogen-bond donors (Lipinski definition) is 2. The number of rotatable bonds is 5. The van der Waals surface area contributed by atoms with Gasteiger partial charge in [0, 0.05) is 5.56 Å². The maximum absolute atomic E-state index is 13.6. The van der Waals surface area contributed by atoms with Gasteiger partial charge in [0.05, 0.1) is 13.4 Å². The topological polar surface area (TPSA) is 76.7 Å². The largest absolute Gasteiger partial charge is 0.487 e. The number of hydrazone groups is 1. The van der Waals surface area contributed by atoms with Crippen LogP contribution < -0.4 is 15.9 Å². The molecule has 120 valence electrons. The summed E-state index contributed by atoms with van der Waals surface area (Å²) in [6.07, 6.45) is 1.48. The van der Waals surface area contributed by atoms with Gasteiger partial charge in [-0.05, 0) is 68.9 Å². The van der Waals surface area contributed by atoms with Crippen molar-refractivity contribution in [1.29, 1.82) is 0 Å². The summed E-state index contributed by atoms with van der Waals surface area (Å²) >= 11 is 4.26. The fourth-order valence-corrected chi connectivity index (χ4v) is 3.86. The molecule has 2 aromatic carbocycles. The molecule has 0 aliphatic carbocycles. The van der Waals surface area contributed by atoms with Crippen molar-refractivity contribution in [3.63, 3.8) is 0 Å². The summed E-state index contributed by atoms with van der Waals surface area (Å²) < 4.78 is 21.1. The number of primary amides is 1. The normalized spacial score (nSPS) is 10.7. The molecule has 2 rings (SSSR count). The molecule has 0 aromatic heterocycles. The van der Waals surface area contributed by atoms with Crippen LogP contribution in [-0.2, 0) is 6.61 Å². The van der Waals surface area contributed by atoms with Crippen molar-refractivity contribution >= 4 is 57.4 Å². The lowest BCUT2D eigenvalue weighted by Crippen LogP contribution is -2.24. The zero-order valence-electron chi connectivity index (χ0n) is 11.7. The van der Waals surface area contributed by atoms with Gasteiger partial charge >= 0.3 is 6.03 Å². The maximum Gasteiger partial charge on any atom is 0.332 e. The minimum Gasteiger partial charge on any atom is -0.487 e. The van der Waals surface area contributed by atoms with E-state index in [4.69, 9.17) is 10.5 Å². The van der Waals surface area contributed by atoms with Gasteiger partial charge in [-0.1, -0.05) is 18.2 Å². The Labute approximate surface area is 159 Å². The highest BCUT2D eigenvalue weighted by molar-refractivity contribution is 14.1. The number of carbonyl (C=O) groups is 1. The van der Waals surface area contributed by atoms with E-state index in [9.17, 15) is 9.18 Å². The Balaban J connectivity index is 2.13. The molecule has 0 atom stereocenters. The molecule has 0 bridgehead atoms. The molecule has 0 aliphatic rings. The molecule has 2 amide bonds. The van der Waals surface area contributed by atoms with Crippen molar-refractivity contribution in [2.75, 3.05) is 0 Å². The average Bonchev–Trinajstić information content (AvgIpc) is 2.48. The predicted octanol–water partition coefficient (Wildman–Crippen LogP) is 3.62. The minimum absolute atomic E-state index is 0.148. The van der Waals surface area contributed by atoms with Crippen molar-refractivity contribution in [2.24, 2.45) is 10.8 Å². The van der Waals surface area contributed by atoms with Crippen LogP contribution in [0.1, 0.15) is 11.1 Å². The molecule has 0 saturated heterocycles. The molecule has 2 aromatic rings. The van der Waals surface area contributed by atoms with Crippen LogP contribution in [0.4, 0.5) is 9.18 Å². The maximum atomic E-state index is 13.6. The number of urea groups is 1. The number of nitrogens with one attached hydrogen (secondary N) is 1. The monoisotopic (exact) mass is 539 g/mol. The van der Waals surface area contributed by atoms with Gasteiger partial charge in [-0.15, -0.1) is 0 Å². The summed E-state index contributed by atoms with van der Waals surface area (Å²) in [6, 6.07) is 9.45. The van der Waals surface area contributed by atoms with E-state index in [0.29, 0.717) is 11.3 Å². The molecule has 0 heterocycles. The van der Waals surface area contributed by atoms with Gasteiger partial charge in [-0.25, -0.2) is 14.6 Å². The second-order valence-corrected chi connectivity index (χ2v) is 6.75. The first-order valence-corrected chi connectivity index (χ1v) is 8.57. The van der Waals surface area contributed by atoms with Crippen molar-refractivity contribution in [3.8, 4) is 5.75 Å². The number of hydrogen-bond acceptors (Lipinski definition) is 3. The van der Waals surface area contributed by atoms with Crippen LogP contribution >= 0.6 is 45.2 Å². The fourth-order valence-electron chi connectivity index (χ4n) is 1.73. The number of carbonyl (C=O) groups excluding carboxylic acids is 1. The van der Waals surface area contributed by atoms with Crippen LogP contribution in [0.5, 0.6) is 5.75 Å². The first-order valence-electron chi connectivity index (χ1n) is 6.41. The first kappa shape index (κ1) is 17.9. The van der Waals surface area contributed by atoms with Crippen molar-refractivity contribution in [2.45, 2.75) is 6.61 Å². The first-order chi connectivity index (χ1) is 11.0. The smallest absolute Gasteiger partial charge is 0.332 e. The Morgan fingerprint density at radius 3 is 2.57 bits per heavy atom. The molecule has 3 N–H and O–H groups in total. The van der Waals surface area contributed by atoms with Crippen LogP contribution in [0.25, 0.3) is 0 Å². The summed E-state index contributed by atoms with van der Waals surface area (Å²) in [5.41, 5.74) is 8.34. The second-order valence-electron chi connectivity index (χ2n) is 4.43. The number of halogens is 3. The highest BCUT2D eigenvalue weighted by atomic mass is 127. The van der Waals surface area contributed by atoms with E-state index in [1.165, 1.54) is 12.3 Å². The summed E-state index contributed by atoms with van der Waals surface area (Å²) in [7, 11) is 0. The van der Waals surface area contributed by atoms with Gasteiger partial charge in [0.2, 0.25) is 0 Å². The Morgan fingerprint density at radius 1 is 1.30 bits per heavy atom. The predicted molar refractivity (Wildman–Crippen MR) is 103 cm³/mol. The van der Waals surface area contributed by atoms with Crippen LogP contribution in [0.2, 0.25) is 0 Å². The SMILES string of the molecule is NC(=O)N/N=C\c1cc(I)c(OCc2ccccc2F)c(I)c1. The van der Waals surface area contributed by atoms with E-state index in [0.717, 1.165) is 12.7 Å². The summed E-state index contributed by atoms with van der Waals surface area (Å²) in [5.74, 6) is 0.383. The fraction of sp³-hybridized carbons (Fsp3) is 0.0667. The Kier molecular flexibility index (Phi) is 6.57. The number of nitrogens with zero attached hydrogens (tertiary/aromatic N) is 1. The van der Waals surface area contributed by atoms with Crippen LogP contribution in [0.3, 0.4) is 0 Å². The lowest BCUT2D eigenvalue weighted by Gasteiger charge is -2.12. The highest BCUT2D eigenvalue weighted by Gasteiger charge is 2.10. The molecule has 23 heavy (non-hydrogen) atoms. The molecule has 0 spiro atoms. The molecular weight excluding hydrogens is 527 g/mol. The van der Waals surface area contributed by atoms with E-state index in [-0.39, 0.29) is 12.4 Å². The third-order valence-corrected chi connectivity index (χ3v) is 4.34. The second kappa shape index (κ2) is 8.43. The zero-order chi connectivity index (χ0) is 16.8.